The average molecular weight is 371 g/mol. The van der Waals surface area contributed by atoms with Crippen LogP contribution < -0.4 is 11.5 Å². The summed E-state index contributed by atoms with van der Waals surface area (Å²) in [6.45, 7) is 3.15. The number of nitrogens with two attached hydrogens (primary N) is 2. The molecule has 26 heavy (non-hydrogen) atoms. The summed E-state index contributed by atoms with van der Waals surface area (Å²) in [6, 6.07) is 9.69. The van der Waals surface area contributed by atoms with Crippen molar-refractivity contribution in [2.24, 2.45) is 5.73 Å². The lowest BCUT2D eigenvalue weighted by Gasteiger charge is -2.18. The van der Waals surface area contributed by atoms with Gasteiger partial charge in [-0.2, -0.15) is 0 Å². The summed E-state index contributed by atoms with van der Waals surface area (Å²) in [5.74, 6) is -1.24. The summed E-state index contributed by atoms with van der Waals surface area (Å²) in [5, 5.41) is 10.0. The molecule has 2 aromatic heterocycles. The van der Waals surface area contributed by atoms with Crippen LogP contribution in [0.1, 0.15) is 29.8 Å². The van der Waals surface area contributed by atoms with Crippen molar-refractivity contribution in [1.82, 2.24) is 4.98 Å². The first kappa shape index (κ1) is 18.0. The van der Waals surface area contributed by atoms with Gasteiger partial charge in [0.05, 0.1) is 32.3 Å². The number of primary amides is 1. The largest absolute Gasteiger partial charge is 0.397 e. The first-order valence-electron chi connectivity index (χ1n) is 7.86. The second-order valence-electron chi connectivity index (χ2n) is 6.38. The molecule has 0 saturated heterocycles. The van der Waals surface area contributed by atoms with Gasteiger partial charge in [-0.25, -0.2) is 4.39 Å². The van der Waals surface area contributed by atoms with E-state index in [1.54, 1.807) is 44.3 Å². The Kier molecular flexibility index (Phi) is 4.52. The van der Waals surface area contributed by atoms with Gasteiger partial charge in [0, 0.05) is 11.8 Å². The van der Waals surface area contributed by atoms with Gasteiger partial charge in [0.25, 0.3) is 5.91 Å². The van der Waals surface area contributed by atoms with Crippen LogP contribution in [0.3, 0.4) is 0 Å². The van der Waals surface area contributed by atoms with Gasteiger partial charge in [0.15, 0.2) is 0 Å². The number of benzene rings is 1. The molecule has 0 aliphatic carbocycles. The number of aliphatic hydroxyl groups is 1. The van der Waals surface area contributed by atoms with Crippen LogP contribution in [0.4, 0.5) is 10.1 Å². The van der Waals surface area contributed by atoms with Crippen molar-refractivity contribution in [3.05, 3.63) is 59.5 Å². The maximum Gasteiger partial charge on any atom is 0.252 e. The smallest absolute Gasteiger partial charge is 0.252 e. The second kappa shape index (κ2) is 6.51. The van der Waals surface area contributed by atoms with E-state index < -0.39 is 17.3 Å². The summed E-state index contributed by atoms with van der Waals surface area (Å²) in [7, 11) is 0. The lowest BCUT2D eigenvalue weighted by molar-refractivity contribution is 0.0782. The molecule has 5 nitrogen and oxygen atoms in total. The third-order valence-electron chi connectivity index (χ3n) is 4.01. The number of amides is 1. The maximum atomic E-state index is 14.7. The zero-order chi connectivity index (χ0) is 19.1. The molecule has 0 atom stereocenters. The molecule has 0 aliphatic heterocycles. The predicted molar refractivity (Wildman–Crippen MR) is 101 cm³/mol. The number of carbonyl (C=O) groups excluding carboxylic acids is 1. The molecular formula is C19H18FN3O2S. The Bertz CT molecular complexity index is 978. The second-order valence-corrected chi connectivity index (χ2v) is 7.40. The van der Waals surface area contributed by atoms with Crippen LogP contribution in [0.5, 0.6) is 0 Å². The van der Waals surface area contributed by atoms with E-state index in [0.29, 0.717) is 21.0 Å². The SMILES string of the molecule is CC(C)(O)c1ccc(-c2sc(-c3ccccn3)c(C(N)=O)c2N)c(F)c1. The van der Waals surface area contributed by atoms with Crippen LogP contribution in [-0.4, -0.2) is 16.0 Å². The number of nitrogens with zero attached hydrogens (tertiary/aromatic N) is 1. The van der Waals surface area contributed by atoms with Crippen LogP contribution in [-0.2, 0) is 5.60 Å². The fourth-order valence-electron chi connectivity index (χ4n) is 2.65. The molecule has 0 spiro atoms. The van der Waals surface area contributed by atoms with E-state index in [1.807, 2.05) is 0 Å². The summed E-state index contributed by atoms with van der Waals surface area (Å²) < 4.78 is 14.7. The van der Waals surface area contributed by atoms with Crippen LogP contribution in [0.25, 0.3) is 21.0 Å². The van der Waals surface area contributed by atoms with Crippen LogP contribution in [0, 0.1) is 5.82 Å². The molecule has 7 heteroatoms. The Labute approximate surface area is 154 Å². The number of aromatic nitrogens is 1. The average Bonchev–Trinajstić information content (AvgIpc) is 2.92. The molecule has 2 heterocycles. The number of pyridine rings is 1. The van der Waals surface area contributed by atoms with Crippen LogP contribution in [0.15, 0.2) is 42.6 Å². The number of halogens is 1. The van der Waals surface area contributed by atoms with Crippen molar-refractivity contribution in [3.8, 4) is 21.0 Å². The van der Waals surface area contributed by atoms with E-state index >= 15 is 0 Å². The Balaban J connectivity index is 2.20. The molecule has 1 amide bonds. The quantitative estimate of drug-likeness (QED) is 0.653. The lowest BCUT2D eigenvalue weighted by atomic mass is 9.96. The minimum Gasteiger partial charge on any atom is -0.397 e. The monoisotopic (exact) mass is 371 g/mol. The minimum absolute atomic E-state index is 0.123. The van der Waals surface area contributed by atoms with Crippen molar-refractivity contribution < 1.29 is 14.3 Å². The van der Waals surface area contributed by atoms with E-state index in [4.69, 9.17) is 11.5 Å². The third kappa shape index (κ3) is 3.18. The number of rotatable bonds is 4. The summed E-state index contributed by atoms with van der Waals surface area (Å²) in [4.78, 5) is 17.1. The van der Waals surface area contributed by atoms with Crippen molar-refractivity contribution in [2.75, 3.05) is 5.73 Å². The summed E-state index contributed by atoms with van der Waals surface area (Å²) in [6.07, 6.45) is 1.59. The number of anilines is 1. The standard InChI is InChI=1S/C19H18FN3O2S/c1-19(2,25)10-6-7-11(12(20)9-10)16-15(21)14(18(22)24)17(26-16)13-5-3-4-8-23-13/h3-9,25H,21H2,1-2H3,(H2,22,24). The predicted octanol–water partition coefficient (Wildman–Crippen LogP) is 3.52. The van der Waals surface area contributed by atoms with Gasteiger partial charge >= 0.3 is 0 Å². The highest BCUT2D eigenvalue weighted by Crippen LogP contribution is 2.44. The van der Waals surface area contributed by atoms with Gasteiger partial charge in [0.2, 0.25) is 0 Å². The lowest BCUT2D eigenvalue weighted by Crippen LogP contribution is -2.15. The molecule has 0 saturated carbocycles. The zero-order valence-corrected chi connectivity index (χ0v) is 15.1. The zero-order valence-electron chi connectivity index (χ0n) is 14.3. The number of thiophene rings is 1. The van der Waals surface area contributed by atoms with Crippen molar-refractivity contribution in [3.63, 3.8) is 0 Å². The minimum atomic E-state index is -1.17. The molecule has 134 valence electrons. The van der Waals surface area contributed by atoms with E-state index in [0.717, 1.165) is 11.3 Å². The van der Waals surface area contributed by atoms with Gasteiger partial charge in [-0.05, 0) is 37.6 Å². The van der Waals surface area contributed by atoms with Crippen LogP contribution >= 0.6 is 11.3 Å². The number of carbonyl (C=O) groups is 1. The molecule has 0 fully saturated rings. The van der Waals surface area contributed by atoms with Gasteiger partial charge < -0.3 is 16.6 Å². The fourth-order valence-corrected chi connectivity index (χ4v) is 3.88. The number of hydrogen-bond donors (Lipinski definition) is 3. The topological polar surface area (TPSA) is 102 Å². The van der Waals surface area contributed by atoms with Gasteiger partial charge in [0.1, 0.15) is 5.82 Å². The molecule has 0 radical (unpaired) electrons. The molecule has 3 rings (SSSR count). The first-order chi connectivity index (χ1) is 12.2. The van der Waals surface area contributed by atoms with Crippen molar-refractivity contribution in [1.29, 1.82) is 0 Å². The highest BCUT2D eigenvalue weighted by atomic mass is 32.1. The third-order valence-corrected chi connectivity index (χ3v) is 5.27. The Morgan fingerprint density at radius 1 is 1.23 bits per heavy atom. The number of nitrogen functional groups attached to an aromatic ring is 1. The molecule has 0 aliphatic rings. The molecule has 0 bridgehead atoms. The molecule has 5 N–H and O–H groups in total. The van der Waals surface area contributed by atoms with E-state index in [1.165, 1.54) is 12.1 Å². The van der Waals surface area contributed by atoms with Crippen LogP contribution in [0.2, 0.25) is 0 Å². The highest BCUT2D eigenvalue weighted by Gasteiger charge is 2.25. The van der Waals surface area contributed by atoms with Gasteiger partial charge in [-0.1, -0.05) is 18.2 Å². The summed E-state index contributed by atoms with van der Waals surface area (Å²) >= 11 is 1.16. The molecule has 1 aromatic carbocycles. The molecule has 0 unspecified atom stereocenters. The molecular weight excluding hydrogens is 353 g/mol. The normalized spacial score (nSPS) is 11.5. The van der Waals surface area contributed by atoms with E-state index in [9.17, 15) is 14.3 Å². The Morgan fingerprint density at radius 2 is 1.96 bits per heavy atom. The first-order valence-corrected chi connectivity index (χ1v) is 8.68. The van der Waals surface area contributed by atoms with Gasteiger partial charge in [-0.3, -0.25) is 9.78 Å². The summed E-state index contributed by atoms with van der Waals surface area (Å²) in [5.41, 5.74) is 11.9. The van der Waals surface area contributed by atoms with E-state index in [2.05, 4.69) is 4.98 Å². The van der Waals surface area contributed by atoms with Crippen molar-refractivity contribution in [2.45, 2.75) is 19.4 Å². The number of hydrogen-bond acceptors (Lipinski definition) is 5. The fraction of sp³-hybridized carbons (Fsp3) is 0.158. The van der Waals surface area contributed by atoms with Crippen molar-refractivity contribution >= 4 is 22.9 Å². The maximum absolute atomic E-state index is 14.7. The highest BCUT2D eigenvalue weighted by molar-refractivity contribution is 7.20. The Hall–Kier alpha value is -2.77. The Morgan fingerprint density at radius 3 is 2.50 bits per heavy atom. The van der Waals surface area contributed by atoms with E-state index in [-0.39, 0.29) is 16.8 Å². The molecule has 3 aromatic rings. The van der Waals surface area contributed by atoms with Gasteiger partial charge in [-0.15, -0.1) is 11.3 Å².